The summed E-state index contributed by atoms with van der Waals surface area (Å²) >= 11 is 0. The Morgan fingerprint density at radius 3 is 2.72 bits per heavy atom. The van der Waals surface area contributed by atoms with Gasteiger partial charge in [0.1, 0.15) is 17.1 Å². The quantitative estimate of drug-likeness (QED) is 0.792. The van der Waals surface area contributed by atoms with E-state index in [1.807, 2.05) is 0 Å². The van der Waals surface area contributed by atoms with Gasteiger partial charge in [-0.2, -0.15) is 0 Å². The fourth-order valence-corrected chi connectivity index (χ4v) is 1.76. The molecular weight excluding hydrogens is 230 g/mol. The summed E-state index contributed by atoms with van der Waals surface area (Å²) in [7, 11) is 1.37. The molecular formula is C14H23NO3. The van der Waals surface area contributed by atoms with Crippen LogP contribution in [0.3, 0.4) is 0 Å². The van der Waals surface area contributed by atoms with Crippen molar-refractivity contribution >= 4 is 5.97 Å². The number of nitrogens with one attached hydrogen (secondary N) is 1. The zero-order valence-corrected chi connectivity index (χ0v) is 11.9. The summed E-state index contributed by atoms with van der Waals surface area (Å²) in [6, 6.07) is 2.17. The van der Waals surface area contributed by atoms with Crippen LogP contribution in [0.15, 0.2) is 10.5 Å². The first-order valence-corrected chi connectivity index (χ1v) is 6.40. The first-order valence-electron chi connectivity index (χ1n) is 6.40. The van der Waals surface area contributed by atoms with E-state index in [1.54, 1.807) is 13.0 Å². The maximum atomic E-state index is 11.4. The van der Waals surface area contributed by atoms with E-state index >= 15 is 0 Å². The van der Waals surface area contributed by atoms with Crippen LogP contribution in [0.1, 0.15) is 49.1 Å². The Labute approximate surface area is 109 Å². The molecule has 0 saturated carbocycles. The van der Waals surface area contributed by atoms with Crippen molar-refractivity contribution in [3.8, 4) is 0 Å². The van der Waals surface area contributed by atoms with Gasteiger partial charge in [0, 0.05) is 6.04 Å². The van der Waals surface area contributed by atoms with Crippen molar-refractivity contribution in [1.82, 2.24) is 5.32 Å². The predicted molar refractivity (Wildman–Crippen MR) is 70.5 cm³/mol. The molecule has 0 fully saturated rings. The molecule has 0 aliphatic heterocycles. The van der Waals surface area contributed by atoms with Crippen molar-refractivity contribution in [3.63, 3.8) is 0 Å². The van der Waals surface area contributed by atoms with Gasteiger partial charge in [-0.3, -0.25) is 0 Å². The average Bonchev–Trinajstić information content (AvgIpc) is 2.75. The molecule has 2 unspecified atom stereocenters. The lowest BCUT2D eigenvalue weighted by atomic mass is 10.0. The molecule has 0 amide bonds. The van der Waals surface area contributed by atoms with Crippen LogP contribution >= 0.6 is 0 Å². The van der Waals surface area contributed by atoms with Crippen molar-refractivity contribution < 1.29 is 13.9 Å². The fourth-order valence-electron chi connectivity index (χ4n) is 1.76. The molecule has 1 aromatic rings. The number of aryl methyl sites for hydroxylation is 1. The first kappa shape index (κ1) is 14.8. The Bertz CT molecular complexity index is 398. The molecule has 0 saturated heterocycles. The highest BCUT2D eigenvalue weighted by Crippen LogP contribution is 2.16. The molecule has 0 bridgehead atoms. The Kier molecular flexibility index (Phi) is 5.41. The third-order valence-corrected chi connectivity index (χ3v) is 3.47. The lowest BCUT2D eigenvalue weighted by Crippen LogP contribution is -2.31. The minimum absolute atomic E-state index is 0.350. The van der Waals surface area contributed by atoms with E-state index in [-0.39, 0.29) is 5.97 Å². The second-order valence-corrected chi connectivity index (χ2v) is 4.73. The number of rotatable bonds is 6. The molecule has 1 rings (SSSR count). The largest absolute Gasteiger partial charge is 0.465 e. The number of methoxy groups -OCH3 is 1. The summed E-state index contributed by atoms with van der Waals surface area (Å²) in [5.74, 6) is 1.64. The van der Waals surface area contributed by atoms with Gasteiger partial charge in [0.25, 0.3) is 0 Å². The fraction of sp³-hybridized carbons (Fsp3) is 0.643. The van der Waals surface area contributed by atoms with Crippen molar-refractivity contribution in [2.45, 2.75) is 46.7 Å². The zero-order valence-electron chi connectivity index (χ0n) is 11.9. The van der Waals surface area contributed by atoms with Crippen LogP contribution in [0.25, 0.3) is 0 Å². The van der Waals surface area contributed by atoms with Crippen LogP contribution in [0, 0.1) is 12.8 Å². The molecule has 1 heterocycles. The smallest absolute Gasteiger partial charge is 0.341 e. The third kappa shape index (κ3) is 3.60. The normalized spacial score (nSPS) is 14.3. The Hall–Kier alpha value is -1.29. The molecule has 0 aliphatic carbocycles. The second-order valence-electron chi connectivity index (χ2n) is 4.73. The summed E-state index contributed by atoms with van der Waals surface area (Å²) in [4.78, 5) is 11.4. The van der Waals surface area contributed by atoms with Crippen molar-refractivity contribution in [3.05, 3.63) is 23.2 Å². The van der Waals surface area contributed by atoms with Crippen LogP contribution in [-0.2, 0) is 11.3 Å². The van der Waals surface area contributed by atoms with Crippen LogP contribution in [0.5, 0.6) is 0 Å². The Balaban J connectivity index is 2.61. The van der Waals surface area contributed by atoms with E-state index < -0.39 is 0 Å². The van der Waals surface area contributed by atoms with Gasteiger partial charge >= 0.3 is 5.97 Å². The Morgan fingerprint density at radius 1 is 1.50 bits per heavy atom. The van der Waals surface area contributed by atoms with Gasteiger partial charge in [-0.15, -0.1) is 0 Å². The van der Waals surface area contributed by atoms with E-state index in [2.05, 4.69) is 26.1 Å². The number of ether oxygens (including phenoxy) is 1. The lowest BCUT2D eigenvalue weighted by molar-refractivity contribution is 0.0599. The highest BCUT2D eigenvalue weighted by Gasteiger charge is 2.16. The van der Waals surface area contributed by atoms with Gasteiger partial charge in [0.05, 0.1) is 13.7 Å². The molecule has 4 nitrogen and oxygen atoms in total. The first-order chi connectivity index (χ1) is 8.49. The average molecular weight is 253 g/mol. The molecule has 18 heavy (non-hydrogen) atoms. The lowest BCUT2D eigenvalue weighted by Gasteiger charge is -2.19. The second kappa shape index (κ2) is 6.59. The van der Waals surface area contributed by atoms with E-state index in [0.717, 1.165) is 12.2 Å². The number of hydrogen-bond acceptors (Lipinski definition) is 4. The van der Waals surface area contributed by atoms with Crippen LogP contribution in [-0.4, -0.2) is 19.1 Å². The highest BCUT2D eigenvalue weighted by atomic mass is 16.5. The molecule has 4 heteroatoms. The van der Waals surface area contributed by atoms with Crippen LogP contribution in [0.4, 0.5) is 0 Å². The van der Waals surface area contributed by atoms with Gasteiger partial charge in [0.2, 0.25) is 0 Å². The molecule has 1 aromatic heterocycles. The molecule has 0 aliphatic rings. The van der Waals surface area contributed by atoms with E-state index in [9.17, 15) is 4.79 Å². The molecule has 2 atom stereocenters. The zero-order chi connectivity index (χ0) is 13.7. The number of carbonyl (C=O) groups excluding carboxylic acids is 1. The van der Waals surface area contributed by atoms with E-state index in [0.29, 0.717) is 29.8 Å². The summed E-state index contributed by atoms with van der Waals surface area (Å²) in [6.07, 6.45) is 1.14. The predicted octanol–water partition coefficient (Wildman–Crippen LogP) is 2.90. The molecule has 0 radical (unpaired) electrons. The van der Waals surface area contributed by atoms with Gasteiger partial charge in [0.15, 0.2) is 0 Å². The van der Waals surface area contributed by atoms with E-state index in [1.165, 1.54) is 7.11 Å². The molecule has 1 N–H and O–H groups in total. The van der Waals surface area contributed by atoms with Gasteiger partial charge in [-0.05, 0) is 25.8 Å². The minimum atomic E-state index is -0.350. The van der Waals surface area contributed by atoms with Crippen LogP contribution in [0.2, 0.25) is 0 Å². The number of esters is 1. The minimum Gasteiger partial charge on any atom is -0.465 e. The van der Waals surface area contributed by atoms with Crippen molar-refractivity contribution in [1.29, 1.82) is 0 Å². The SMILES string of the molecule is CCC(C)C(C)NCc1cc(C(=O)OC)c(C)o1. The Morgan fingerprint density at radius 2 is 2.17 bits per heavy atom. The topological polar surface area (TPSA) is 51.5 Å². The number of hydrogen-bond donors (Lipinski definition) is 1. The van der Waals surface area contributed by atoms with Crippen molar-refractivity contribution in [2.75, 3.05) is 7.11 Å². The maximum absolute atomic E-state index is 11.4. The van der Waals surface area contributed by atoms with Crippen LogP contribution < -0.4 is 5.32 Å². The number of carbonyl (C=O) groups is 1. The highest BCUT2D eigenvalue weighted by molar-refractivity contribution is 5.90. The maximum Gasteiger partial charge on any atom is 0.341 e. The summed E-state index contributed by atoms with van der Waals surface area (Å²) in [5.41, 5.74) is 0.505. The van der Waals surface area contributed by atoms with Gasteiger partial charge in [-0.25, -0.2) is 4.79 Å². The van der Waals surface area contributed by atoms with Crippen molar-refractivity contribution in [2.24, 2.45) is 5.92 Å². The van der Waals surface area contributed by atoms with Gasteiger partial charge in [-0.1, -0.05) is 20.3 Å². The summed E-state index contributed by atoms with van der Waals surface area (Å²) < 4.78 is 10.2. The number of furan rings is 1. The summed E-state index contributed by atoms with van der Waals surface area (Å²) in [6.45, 7) is 8.95. The standard InChI is InChI=1S/C14H23NO3/c1-6-9(2)10(3)15-8-12-7-13(11(4)18-12)14(16)17-5/h7,9-10,15H,6,8H2,1-5H3. The van der Waals surface area contributed by atoms with E-state index in [4.69, 9.17) is 9.15 Å². The molecule has 102 valence electrons. The molecule has 0 spiro atoms. The monoisotopic (exact) mass is 253 g/mol. The third-order valence-electron chi connectivity index (χ3n) is 3.47. The van der Waals surface area contributed by atoms with Gasteiger partial charge < -0.3 is 14.5 Å². The molecule has 0 aromatic carbocycles. The summed E-state index contributed by atoms with van der Waals surface area (Å²) in [5, 5.41) is 3.40.